The van der Waals surface area contributed by atoms with E-state index in [1.807, 2.05) is 17.6 Å². The number of hydrogen-bond donors (Lipinski definition) is 2. The standard InChI is InChI=1S/C21H20Cl3N5OS/c1-3-9-28-19(11-25-14-7-8-16(23)17(24)10-14)27-29(21(28)31)12-20(30)26-18-6-4-5-15(22)13(18)2/h3-8,10,25H,1,9,11-12H2,2H3,(H,26,30). The first-order valence-electron chi connectivity index (χ1n) is 9.31. The lowest BCUT2D eigenvalue weighted by Crippen LogP contribution is -2.20. The number of allylic oxidation sites excluding steroid dienone is 1. The van der Waals surface area contributed by atoms with E-state index in [4.69, 9.17) is 47.0 Å². The molecule has 1 aromatic heterocycles. The zero-order valence-electron chi connectivity index (χ0n) is 16.7. The van der Waals surface area contributed by atoms with Gasteiger partial charge in [-0.1, -0.05) is 46.9 Å². The number of rotatable bonds is 8. The molecule has 10 heteroatoms. The van der Waals surface area contributed by atoms with Gasteiger partial charge < -0.3 is 10.6 Å². The Bertz CT molecular complexity index is 1190. The molecular weight excluding hydrogens is 477 g/mol. The highest BCUT2D eigenvalue weighted by Crippen LogP contribution is 2.25. The molecule has 0 aliphatic carbocycles. The van der Waals surface area contributed by atoms with E-state index in [0.717, 1.165) is 11.3 Å². The molecule has 0 spiro atoms. The number of carbonyl (C=O) groups is 1. The van der Waals surface area contributed by atoms with Crippen LogP contribution in [0.25, 0.3) is 0 Å². The molecule has 1 amide bonds. The second-order valence-corrected chi connectivity index (χ2v) is 8.29. The maximum absolute atomic E-state index is 12.6. The van der Waals surface area contributed by atoms with E-state index in [1.54, 1.807) is 36.4 Å². The molecule has 31 heavy (non-hydrogen) atoms. The van der Waals surface area contributed by atoms with Crippen LogP contribution in [0.5, 0.6) is 0 Å². The fraction of sp³-hybridized carbons (Fsp3) is 0.190. The summed E-state index contributed by atoms with van der Waals surface area (Å²) in [5.41, 5.74) is 2.23. The van der Waals surface area contributed by atoms with Crippen molar-refractivity contribution < 1.29 is 4.79 Å². The van der Waals surface area contributed by atoms with E-state index >= 15 is 0 Å². The first-order chi connectivity index (χ1) is 14.8. The molecule has 0 bridgehead atoms. The predicted octanol–water partition coefficient (Wildman–Crippen LogP) is 6.12. The molecule has 0 unspecified atom stereocenters. The summed E-state index contributed by atoms with van der Waals surface area (Å²) in [5, 5.41) is 12.1. The molecule has 0 aliphatic heterocycles. The molecule has 0 atom stereocenters. The van der Waals surface area contributed by atoms with Gasteiger partial charge in [-0.05, 0) is 55.0 Å². The van der Waals surface area contributed by atoms with Gasteiger partial charge >= 0.3 is 0 Å². The second-order valence-electron chi connectivity index (χ2n) is 6.70. The minimum absolute atomic E-state index is 0.0330. The van der Waals surface area contributed by atoms with E-state index in [-0.39, 0.29) is 12.5 Å². The van der Waals surface area contributed by atoms with E-state index in [2.05, 4.69) is 22.3 Å². The minimum atomic E-state index is -0.256. The van der Waals surface area contributed by atoms with E-state index in [1.165, 1.54) is 4.68 Å². The zero-order valence-corrected chi connectivity index (χ0v) is 19.7. The summed E-state index contributed by atoms with van der Waals surface area (Å²) in [6.45, 7) is 6.42. The van der Waals surface area contributed by atoms with Crippen LogP contribution in [-0.4, -0.2) is 20.3 Å². The highest BCUT2D eigenvalue weighted by Gasteiger charge is 2.14. The largest absolute Gasteiger partial charge is 0.378 e. The van der Waals surface area contributed by atoms with Gasteiger partial charge in [-0.3, -0.25) is 9.36 Å². The third-order valence-electron chi connectivity index (χ3n) is 4.52. The quantitative estimate of drug-likeness (QED) is 0.291. The van der Waals surface area contributed by atoms with Crippen LogP contribution in [0.4, 0.5) is 11.4 Å². The zero-order chi connectivity index (χ0) is 22.5. The van der Waals surface area contributed by atoms with Crippen molar-refractivity contribution >= 4 is 64.3 Å². The number of aromatic nitrogens is 3. The first-order valence-corrected chi connectivity index (χ1v) is 10.9. The molecule has 3 aromatic rings. The van der Waals surface area contributed by atoms with Crippen LogP contribution in [0.3, 0.4) is 0 Å². The molecule has 2 N–H and O–H groups in total. The Morgan fingerprint density at radius 3 is 2.68 bits per heavy atom. The van der Waals surface area contributed by atoms with Gasteiger partial charge in [0, 0.05) is 22.9 Å². The van der Waals surface area contributed by atoms with Gasteiger partial charge in [0.25, 0.3) is 0 Å². The summed E-state index contributed by atoms with van der Waals surface area (Å²) in [6.07, 6.45) is 1.72. The van der Waals surface area contributed by atoms with Gasteiger partial charge in [-0.15, -0.1) is 6.58 Å². The fourth-order valence-corrected chi connectivity index (χ4v) is 3.65. The number of amides is 1. The molecule has 0 aliphatic rings. The van der Waals surface area contributed by atoms with Crippen molar-refractivity contribution in [1.82, 2.24) is 14.3 Å². The summed E-state index contributed by atoms with van der Waals surface area (Å²) < 4.78 is 3.72. The Kier molecular flexibility index (Phi) is 7.78. The summed E-state index contributed by atoms with van der Waals surface area (Å²) in [6, 6.07) is 10.6. The lowest BCUT2D eigenvalue weighted by Gasteiger charge is -2.09. The van der Waals surface area contributed by atoms with Gasteiger partial charge in [-0.2, -0.15) is 5.10 Å². The van der Waals surface area contributed by atoms with Crippen LogP contribution in [0.15, 0.2) is 49.1 Å². The topological polar surface area (TPSA) is 63.9 Å². The Morgan fingerprint density at radius 1 is 1.19 bits per heavy atom. The molecule has 0 radical (unpaired) electrons. The van der Waals surface area contributed by atoms with Gasteiger partial charge in [0.05, 0.1) is 16.6 Å². The van der Waals surface area contributed by atoms with E-state index in [0.29, 0.717) is 44.4 Å². The van der Waals surface area contributed by atoms with Crippen LogP contribution in [0.2, 0.25) is 15.1 Å². The van der Waals surface area contributed by atoms with Gasteiger partial charge in [0.1, 0.15) is 6.54 Å². The van der Waals surface area contributed by atoms with Crippen LogP contribution < -0.4 is 10.6 Å². The number of carbonyl (C=O) groups excluding carboxylic acids is 1. The van der Waals surface area contributed by atoms with Crippen molar-refractivity contribution in [2.24, 2.45) is 0 Å². The van der Waals surface area contributed by atoms with Gasteiger partial charge in [0.15, 0.2) is 10.6 Å². The van der Waals surface area contributed by atoms with Crippen molar-refractivity contribution in [1.29, 1.82) is 0 Å². The first kappa shape index (κ1) is 23.3. The van der Waals surface area contributed by atoms with Crippen LogP contribution in [-0.2, 0) is 24.4 Å². The Hall–Kier alpha value is -2.32. The molecule has 0 saturated carbocycles. The highest BCUT2D eigenvalue weighted by molar-refractivity contribution is 7.71. The molecular formula is C21H20Cl3N5OS. The van der Waals surface area contributed by atoms with E-state index in [9.17, 15) is 4.79 Å². The van der Waals surface area contributed by atoms with Gasteiger partial charge in [0.2, 0.25) is 5.91 Å². The van der Waals surface area contributed by atoms with Crippen molar-refractivity contribution in [3.63, 3.8) is 0 Å². The molecule has 3 rings (SSSR count). The van der Waals surface area contributed by atoms with Crippen LogP contribution in [0.1, 0.15) is 11.4 Å². The third kappa shape index (κ3) is 5.68. The second kappa shape index (κ2) is 10.3. The number of nitrogens with one attached hydrogen (secondary N) is 2. The van der Waals surface area contributed by atoms with Crippen molar-refractivity contribution in [3.05, 3.63) is 80.3 Å². The van der Waals surface area contributed by atoms with Gasteiger partial charge in [-0.25, -0.2) is 4.68 Å². The fourth-order valence-electron chi connectivity index (χ4n) is 2.89. The smallest absolute Gasteiger partial charge is 0.246 e. The molecule has 0 fully saturated rings. The van der Waals surface area contributed by atoms with Crippen molar-refractivity contribution in [2.75, 3.05) is 10.6 Å². The van der Waals surface area contributed by atoms with Crippen molar-refractivity contribution in [2.45, 2.75) is 26.6 Å². The van der Waals surface area contributed by atoms with Crippen LogP contribution in [0, 0.1) is 11.7 Å². The normalized spacial score (nSPS) is 10.7. The summed E-state index contributed by atoms with van der Waals surface area (Å²) in [4.78, 5) is 12.6. The summed E-state index contributed by atoms with van der Waals surface area (Å²) >= 11 is 23.7. The number of hydrogen-bond acceptors (Lipinski definition) is 4. The molecule has 0 saturated heterocycles. The maximum atomic E-state index is 12.6. The molecule has 162 valence electrons. The third-order valence-corrected chi connectivity index (χ3v) is 6.10. The lowest BCUT2D eigenvalue weighted by atomic mass is 10.2. The van der Waals surface area contributed by atoms with Crippen molar-refractivity contribution in [3.8, 4) is 0 Å². The average Bonchev–Trinajstić information content (AvgIpc) is 3.01. The Balaban J connectivity index is 1.77. The SMILES string of the molecule is C=CCn1c(CNc2ccc(Cl)c(Cl)c2)nn(CC(=O)Nc2cccc(Cl)c2C)c1=S. The lowest BCUT2D eigenvalue weighted by molar-refractivity contribution is -0.116. The maximum Gasteiger partial charge on any atom is 0.246 e. The highest BCUT2D eigenvalue weighted by atomic mass is 35.5. The summed E-state index contributed by atoms with van der Waals surface area (Å²) in [7, 11) is 0. The number of halogens is 3. The minimum Gasteiger partial charge on any atom is -0.378 e. The van der Waals surface area contributed by atoms with Crippen LogP contribution >= 0.6 is 47.0 Å². The Labute approximate surface area is 200 Å². The number of anilines is 2. The molecule has 2 aromatic carbocycles. The monoisotopic (exact) mass is 495 g/mol. The summed E-state index contributed by atoms with van der Waals surface area (Å²) in [5.74, 6) is 0.399. The Morgan fingerprint density at radius 2 is 1.97 bits per heavy atom. The molecule has 6 nitrogen and oxygen atoms in total. The average molecular weight is 497 g/mol. The predicted molar refractivity (Wildman–Crippen MR) is 130 cm³/mol. The van der Waals surface area contributed by atoms with E-state index < -0.39 is 0 Å². The number of benzene rings is 2. The number of nitrogens with zero attached hydrogens (tertiary/aromatic N) is 3. The molecule has 1 heterocycles.